The quantitative estimate of drug-likeness (QED) is 0.736. The van der Waals surface area contributed by atoms with Crippen LogP contribution in [-0.4, -0.2) is 11.1 Å². The van der Waals surface area contributed by atoms with Crippen molar-refractivity contribution in [2.24, 2.45) is 0 Å². The van der Waals surface area contributed by atoms with Gasteiger partial charge in [-0.05, 0) is 30.7 Å². The first-order valence-electron chi connectivity index (χ1n) is 7.33. The number of carbonyl (C=O) groups excluding carboxylic acids is 1. The zero-order chi connectivity index (χ0) is 16.1. The number of ether oxygens (including phenoxy) is 1. The van der Waals surface area contributed by atoms with E-state index in [4.69, 9.17) is 4.74 Å². The minimum Gasteiger partial charge on any atom is -0.410 e. The smallest absolute Gasteiger partial charge is 0.410 e. The van der Waals surface area contributed by atoms with E-state index in [1.165, 1.54) is 0 Å². The lowest BCUT2D eigenvalue weighted by Gasteiger charge is -2.07. The van der Waals surface area contributed by atoms with Crippen LogP contribution < -0.4 is 10.1 Å². The first-order valence-corrected chi connectivity index (χ1v) is 8.21. The number of para-hydroxylation sites is 1. The number of amides is 1. The van der Waals surface area contributed by atoms with Crippen molar-refractivity contribution < 1.29 is 9.53 Å². The van der Waals surface area contributed by atoms with Crippen LogP contribution >= 0.6 is 11.3 Å². The van der Waals surface area contributed by atoms with Gasteiger partial charge in [0.05, 0.1) is 10.7 Å². The zero-order valence-electron chi connectivity index (χ0n) is 12.7. The van der Waals surface area contributed by atoms with Crippen LogP contribution in [0.1, 0.15) is 11.9 Å². The molecule has 0 saturated carbocycles. The number of benzene rings is 2. The predicted octanol–water partition coefficient (Wildman–Crippen LogP) is 4.98. The molecule has 1 heterocycles. The molecule has 5 heteroatoms. The lowest BCUT2D eigenvalue weighted by atomic mass is 10.1. The van der Waals surface area contributed by atoms with Gasteiger partial charge in [0, 0.05) is 16.6 Å². The van der Waals surface area contributed by atoms with Gasteiger partial charge in [0.1, 0.15) is 5.75 Å². The molecule has 0 spiro atoms. The molecular formula is C18H16N2O2S. The summed E-state index contributed by atoms with van der Waals surface area (Å²) in [6.45, 7) is 2.09. The second-order valence-electron chi connectivity index (χ2n) is 4.88. The fourth-order valence-electron chi connectivity index (χ4n) is 2.07. The molecule has 0 unspecified atom stereocenters. The van der Waals surface area contributed by atoms with E-state index >= 15 is 0 Å². The third-order valence-corrected chi connectivity index (χ3v) is 4.23. The molecule has 0 saturated heterocycles. The fraction of sp³-hybridized carbons (Fsp3) is 0.111. The molecule has 0 bridgehead atoms. The number of anilines is 1. The molecule has 3 aromatic rings. The number of hydrogen-bond donors (Lipinski definition) is 1. The number of hydrogen-bond acceptors (Lipinski definition) is 4. The van der Waals surface area contributed by atoms with E-state index < -0.39 is 6.09 Å². The average molecular weight is 324 g/mol. The largest absolute Gasteiger partial charge is 0.417 e. The van der Waals surface area contributed by atoms with Crippen LogP contribution in [0.5, 0.6) is 5.75 Å². The molecule has 3 rings (SSSR count). The zero-order valence-corrected chi connectivity index (χ0v) is 13.5. The van der Waals surface area contributed by atoms with Gasteiger partial charge in [-0.25, -0.2) is 9.78 Å². The summed E-state index contributed by atoms with van der Waals surface area (Å²) in [6, 6.07) is 16.5. The van der Waals surface area contributed by atoms with Crippen LogP contribution in [0.25, 0.3) is 11.3 Å². The van der Waals surface area contributed by atoms with E-state index in [1.54, 1.807) is 23.5 Å². The summed E-state index contributed by atoms with van der Waals surface area (Å²) in [5.41, 5.74) is 2.67. The van der Waals surface area contributed by atoms with Gasteiger partial charge in [0.25, 0.3) is 0 Å². The third-order valence-electron chi connectivity index (χ3n) is 3.24. The summed E-state index contributed by atoms with van der Waals surface area (Å²) >= 11 is 1.66. The standard InChI is InChI=1S/C18H16N2O2S/c1-2-17-20-16(12-23-17)13-8-10-14(11-9-13)19-18(21)22-15-6-4-3-5-7-15/h3-12H,2H2,1H3,(H,19,21). The molecule has 1 N–H and O–H groups in total. The Balaban J connectivity index is 1.64. The second-order valence-corrected chi connectivity index (χ2v) is 5.83. The Hall–Kier alpha value is -2.66. The minimum absolute atomic E-state index is 0.508. The summed E-state index contributed by atoms with van der Waals surface area (Å²) in [4.78, 5) is 16.4. The summed E-state index contributed by atoms with van der Waals surface area (Å²) in [6.07, 6.45) is 0.432. The highest BCUT2D eigenvalue weighted by Crippen LogP contribution is 2.23. The van der Waals surface area contributed by atoms with Crippen molar-refractivity contribution in [3.8, 4) is 17.0 Å². The Labute approximate surface area is 138 Å². The van der Waals surface area contributed by atoms with Crippen molar-refractivity contribution in [3.63, 3.8) is 0 Å². The van der Waals surface area contributed by atoms with Crippen molar-refractivity contribution >= 4 is 23.1 Å². The van der Waals surface area contributed by atoms with Crippen LogP contribution in [0.2, 0.25) is 0 Å². The number of rotatable bonds is 4. The Kier molecular flexibility index (Phi) is 4.68. The van der Waals surface area contributed by atoms with E-state index in [9.17, 15) is 4.79 Å². The van der Waals surface area contributed by atoms with Gasteiger partial charge >= 0.3 is 6.09 Å². The van der Waals surface area contributed by atoms with Gasteiger partial charge in [0.15, 0.2) is 0 Å². The van der Waals surface area contributed by atoms with Crippen molar-refractivity contribution in [3.05, 3.63) is 65.0 Å². The van der Waals surface area contributed by atoms with Crippen LogP contribution in [0, 0.1) is 0 Å². The topological polar surface area (TPSA) is 51.2 Å². The fourth-order valence-corrected chi connectivity index (χ4v) is 2.82. The van der Waals surface area contributed by atoms with Crippen LogP contribution in [0.4, 0.5) is 10.5 Å². The Morgan fingerprint density at radius 2 is 1.87 bits per heavy atom. The molecule has 0 radical (unpaired) electrons. The van der Waals surface area contributed by atoms with Crippen molar-refractivity contribution in [2.45, 2.75) is 13.3 Å². The number of aromatic nitrogens is 1. The monoisotopic (exact) mass is 324 g/mol. The Morgan fingerprint density at radius 1 is 1.13 bits per heavy atom. The number of nitrogens with zero attached hydrogens (tertiary/aromatic N) is 1. The number of nitrogens with one attached hydrogen (secondary N) is 1. The van der Waals surface area contributed by atoms with Gasteiger partial charge in [-0.15, -0.1) is 11.3 Å². The first-order chi connectivity index (χ1) is 11.2. The molecule has 0 fully saturated rings. The third kappa shape index (κ3) is 3.96. The molecule has 0 aliphatic heterocycles. The highest BCUT2D eigenvalue weighted by atomic mass is 32.1. The Morgan fingerprint density at radius 3 is 2.52 bits per heavy atom. The molecule has 0 aliphatic rings. The first kappa shape index (κ1) is 15.2. The molecule has 2 aromatic carbocycles. The van der Waals surface area contributed by atoms with Crippen molar-refractivity contribution in [1.29, 1.82) is 0 Å². The molecule has 0 atom stereocenters. The maximum Gasteiger partial charge on any atom is 0.417 e. The van der Waals surface area contributed by atoms with Gasteiger partial charge in [-0.2, -0.15) is 0 Å². The van der Waals surface area contributed by atoms with E-state index in [0.29, 0.717) is 11.4 Å². The molecule has 1 amide bonds. The lowest BCUT2D eigenvalue weighted by molar-refractivity contribution is 0.215. The molecule has 116 valence electrons. The summed E-state index contributed by atoms with van der Waals surface area (Å²) in [5, 5.41) is 5.87. The lowest BCUT2D eigenvalue weighted by Crippen LogP contribution is -2.16. The van der Waals surface area contributed by atoms with Gasteiger partial charge in [0.2, 0.25) is 0 Å². The van der Waals surface area contributed by atoms with E-state index in [0.717, 1.165) is 22.7 Å². The van der Waals surface area contributed by atoms with Crippen molar-refractivity contribution in [1.82, 2.24) is 4.98 Å². The summed E-state index contributed by atoms with van der Waals surface area (Å²) < 4.78 is 5.19. The van der Waals surface area contributed by atoms with E-state index in [1.807, 2.05) is 47.8 Å². The predicted molar refractivity (Wildman–Crippen MR) is 93.0 cm³/mol. The normalized spacial score (nSPS) is 10.3. The molecular weight excluding hydrogens is 308 g/mol. The minimum atomic E-state index is -0.508. The SMILES string of the molecule is CCc1nc(-c2ccc(NC(=O)Oc3ccccc3)cc2)cs1. The van der Waals surface area contributed by atoms with Crippen LogP contribution in [0.15, 0.2) is 60.0 Å². The van der Waals surface area contributed by atoms with E-state index in [-0.39, 0.29) is 0 Å². The second kappa shape index (κ2) is 7.07. The highest BCUT2D eigenvalue weighted by molar-refractivity contribution is 7.09. The van der Waals surface area contributed by atoms with Gasteiger partial charge < -0.3 is 4.74 Å². The highest BCUT2D eigenvalue weighted by Gasteiger charge is 2.06. The maximum atomic E-state index is 11.8. The summed E-state index contributed by atoms with van der Waals surface area (Å²) in [7, 11) is 0. The Bertz CT molecular complexity index is 782. The molecule has 0 aliphatic carbocycles. The van der Waals surface area contributed by atoms with Crippen LogP contribution in [-0.2, 0) is 6.42 Å². The summed E-state index contributed by atoms with van der Waals surface area (Å²) in [5.74, 6) is 0.510. The van der Waals surface area contributed by atoms with E-state index in [2.05, 4.69) is 17.2 Å². The number of carbonyl (C=O) groups is 1. The maximum absolute atomic E-state index is 11.8. The van der Waals surface area contributed by atoms with Gasteiger partial charge in [-0.1, -0.05) is 37.3 Å². The molecule has 23 heavy (non-hydrogen) atoms. The van der Waals surface area contributed by atoms with Crippen LogP contribution in [0.3, 0.4) is 0 Å². The number of thiazole rings is 1. The van der Waals surface area contributed by atoms with Crippen molar-refractivity contribution in [2.75, 3.05) is 5.32 Å². The van der Waals surface area contributed by atoms with Gasteiger partial charge in [-0.3, -0.25) is 5.32 Å². The molecule has 1 aromatic heterocycles. The number of aryl methyl sites for hydroxylation is 1. The molecule has 4 nitrogen and oxygen atoms in total. The average Bonchev–Trinajstić information content (AvgIpc) is 3.05.